The number of nitrogens with one attached hydrogen (secondary N) is 2. The highest BCUT2D eigenvalue weighted by molar-refractivity contribution is 8.15. The van der Waals surface area contributed by atoms with Crippen LogP contribution in [0.5, 0.6) is 0 Å². The average Bonchev–Trinajstić information content (AvgIpc) is 3.19. The Morgan fingerprint density at radius 1 is 1.17 bits per heavy atom. The molecule has 2 aromatic rings. The van der Waals surface area contributed by atoms with Crippen LogP contribution in [0.2, 0.25) is 0 Å². The molecule has 1 unspecified atom stereocenters. The summed E-state index contributed by atoms with van der Waals surface area (Å²) >= 11 is 1.47. The van der Waals surface area contributed by atoms with Gasteiger partial charge in [-0.1, -0.05) is 48.2 Å². The van der Waals surface area contributed by atoms with Crippen LogP contribution in [0.4, 0.5) is 5.69 Å². The second-order valence-corrected chi connectivity index (χ2v) is 11.2. The Balaban J connectivity index is 1.32. The number of anilines is 1. The smallest absolute Gasteiger partial charge is 0.251 e. The van der Waals surface area contributed by atoms with E-state index in [9.17, 15) is 13.2 Å². The third-order valence-corrected chi connectivity index (χ3v) is 8.42. The first-order valence-electron chi connectivity index (χ1n) is 10.0. The van der Waals surface area contributed by atoms with Gasteiger partial charge < -0.3 is 10.6 Å². The van der Waals surface area contributed by atoms with Crippen molar-refractivity contribution in [1.29, 1.82) is 0 Å². The third-order valence-electron chi connectivity index (χ3n) is 5.28. The predicted octanol–water partition coefficient (Wildman–Crippen LogP) is 3.12. The normalized spacial score (nSPS) is 22.8. The minimum absolute atomic E-state index is 0.00514. The van der Waals surface area contributed by atoms with Crippen molar-refractivity contribution in [2.24, 2.45) is 4.99 Å². The zero-order chi connectivity index (χ0) is 21.1. The van der Waals surface area contributed by atoms with E-state index in [2.05, 4.69) is 27.8 Å². The maximum Gasteiger partial charge on any atom is 0.251 e. The third kappa shape index (κ3) is 5.23. The van der Waals surface area contributed by atoms with E-state index in [1.165, 1.54) is 17.3 Å². The summed E-state index contributed by atoms with van der Waals surface area (Å²) in [6, 6.07) is 17.4. The summed E-state index contributed by atoms with van der Waals surface area (Å²) in [5.74, 6) is 0.197. The van der Waals surface area contributed by atoms with E-state index >= 15 is 0 Å². The van der Waals surface area contributed by atoms with Gasteiger partial charge in [0.25, 0.3) is 5.91 Å². The quantitative estimate of drug-likeness (QED) is 0.716. The number of hydrogen-bond acceptors (Lipinski definition) is 6. The number of rotatable bonds is 6. The molecule has 1 fully saturated rings. The lowest BCUT2D eigenvalue weighted by Crippen LogP contribution is -2.32. The Labute approximate surface area is 181 Å². The summed E-state index contributed by atoms with van der Waals surface area (Å²) in [6.45, 7) is 2.01. The SMILES string of the molecule is CC(CCc1ccccc1)NC(=O)c1cccc(NC2=N[C@@H]3CS(=O)(=O)C[C@@H]3S2)c1. The van der Waals surface area contributed by atoms with Crippen molar-refractivity contribution in [2.45, 2.75) is 37.1 Å². The number of hydrogen-bond donors (Lipinski definition) is 2. The van der Waals surface area contributed by atoms with Gasteiger partial charge in [-0.25, -0.2) is 8.42 Å². The maximum absolute atomic E-state index is 12.6. The van der Waals surface area contributed by atoms with E-state index in [1.54, 1.807) is 12.1 Å². The average molecular weight is 444 g/mol. The predicted molar refractivity (Wildman–Crippen MR) is 123 cm³/mol. The van der Waals surface area contributed by atoms with Gasteiger partial charge in [-0.2, -0.15) is 0 Å². The van der Waals surface area contributed by atoms with Crippen LogP contribution in [-0.2, 0) is 16.3 Å². The van der Waals surface area contributed by atoms with Gasteiger partial charge in [-0.15, -0.1) is 0 Å². The number of amidine groups is 1. The number of thioether (sulfide) groups is 1. The molecule has 2 aromatic carbocycles. The van der Waals surface area contributed by atoms with Gasteiger partial charge in [-0.05, 0) is 43.5 Å². The minimum Gasteiger partial charge on any atom is -0.350 e. The fourth-order valence-electron chi connectivity index (χ4n) is 3.68. The van der Waals surface area contributed by atoms with Gasteiger partial charge in [0, 0.05) is 22.5 Å². The number of amides is 1. The first-order valence-corrected chi connectivity index (χ1v) is 12.7. The van der Waals surface area contributed by atoms with E-state index in [4.69, 9.17) is 0 Å². The molecule has 0 spiro atoms. The van der Waals surface area contributed by atoms with Crippen LogP contribution < -0.4 is 10.6 Å². The van der Waals surface area contributed by atoms with E-state index in [-0.39, 0.29) is 34.7 Å². The highest BCUT2D eigenvalue weighted by Gasteiger charge is 2.42. The Bertz CT molecular complexity index is 1050. The van der Waals surface area contributed by atoms with Crippen LogP contribution in [0.15, 0.2) is 59.6 Å². The standard InChI is InChI=1S/C22H25N3O3S2/c1-15(10-11-16-6-3-2-4-7-16)23-21(26)17-8-5-9-18(12-17)24-22-25-19-13-30(27,28)14-20(19)29-22/h2-9,12,15,19-20H,10-11,13-14H2,1H3,(H,23,26)(H,24,25)/t15?,19-,20+/m1/s1. The number of carbonyl (C=O) groups is 1. The van der Waals surface area contributed by atoms with Crippen molar-refractivity contribution in [3.8, 4) is 0 Å². The van der Waals surface area contributed by atoms with Crippen LogP contribution in [-0.4, -0.2) is 48.3 Å². The molecule has 2 N–H and O–H groups in total. The zero-order valence-corrected chi connectivity index (χ0v) is 18.4. The second kappa shape index (κ2) is 8.81. The highest BCUT2D eigenvalue weighted by atomic mass is 32.2. The van der Waals surface area contributed by atoms with Gasteiger partial charge in [-0.3, -0.25) is 9.79 Å². The lowest BCUT2D eigenvalue weighted by molar-refractivity contribution is 0.0938. The van der Waals surface area contributed by atoms with E-state index < -0.39 is 9.84 Å². The number of benzene rings is 2. The fraction of sp³-hybridized carbons (Fsp3) is 0.364. The van der Waals surface area contributed by atoms with Crippen molar-refractivity contribution in [3.05, 3.63) is 65.7 Å². The maximum atomic E-state index is 12.6. The van der Waals surface area contributed by atoms with Crippen molar-refractivity contribution < 1.29 is 13.2 Å². The molecule has 8 heteroatoms. The van der Waals surface area contributed by atoms with Crippen molar-refractivity contribution in [3.63, 3.8) is 0 Å². The summed E-state index contributed by atoms with van der Waals surface area (Å²) in [5, 5.41) is 7.00. The summed E-state index contributed by atoms with van der Waals surface area (Å²) in [6.07, 6.45) is 1.78. The number of carbonyl (C=O) groups excluding carboxylic acids is 1. The highest BCUT2D eigenvalue weighted by Crippen LogP contribution is 2.34. The van der Waals surface area contributed by atoms with Gasteiger partial charge in [0.2, 0.25) is 0 Å². The van der Waals surface area contributed by atoms with Gasteiger partial charge >= 0.3 is 0 Å². The monoisotopic (exact) mass is 443 g/mol. The number of nitrogens with zero attached hydrogens (tertiary/aromatic N) is 1. The molecule has 0 bridgehead atoms. The van der Waals surface area contributed by atoms with Crippen LogP contribution in [0.3, 0.4) is 0 Å². The lowest BCUT2D eigenvalue weighted by atomic mass is 10.1. The Kier molecular flexibility index (Phi) is 6.15. The van der Waals surface area contributed by atoms with Crippen molar-refractivity contribution >= 4 is 38.4 Å². The van der Waals surface area contributed by atoms with Crippen LogP contribution in [0.25, 0.3) is 0 Å². The molecule has 6 nitrogen and oxygen atoms in total. The van der Waals surface area contributed by atoms with Crippen molar-refractivity contribution in [1.82, 2.24) is 5.32 Å². The number of aliphatic imine (C=N–C) groups is 1. The molecule has 0 saturated carbocycles. The molecule has 4 rings (SSSR count). The van der Waals surface area contributed by atoms with E-state index in [0.717, 1.165) is 18.5 Å². The molecule has 1 saturated heterocycles. The molecule has 1 amide bonds. The number of sulfone groups is 1. The Hall–Kier alpha value is -2.32. The molecule has 2 heterocycles. The molecular formula is C22H25N3O3S2. The Morgan fingerprint density at radius 3 is 2.73 bits per heavy atom. The molecule has 0 aromatic heterocycles. The Morgan fingerprint density at radius 2 is 1.97 bits per heavy atom. The van der Waals surface area contributed by atoms with Gasteiger partial charge in [0.15, 0.2) is 15.0 Å². The minimum atomic E-state index is -2.96. The van der Waals surface area contributed by atoms with Crippen LogP contribution in [0.1, 0.15) is 29.3 Å². The lowest BCUT2D eigenvalue weighted by Gasteiger charge is -2.15. The summed E-state index contributed by atoms with van der Waals surface area (Å²) in [5.41, 5.74) is 2.61. The second-order valence-electron chi connectivity index (χ2n) is 7.84. The van der Waals surface area contributed by atoms with Crippen molar-refractivity contribution in [2.75, 3.05) is 16.8 Å². The van der Waals surface area contributed by atoms with Crippen LogP contribution in [0, 0.1) is 0 Å². The first kappa shape index (κ1) is 20.9. The van der Waals surface area contributed by atoms with E-state index in [1.807, 2.05) is 37.3 Å². The molecule has 0 radical (unpaired) electrons. The van der Waals surface area contributed by atoms with Crippen LogP contribution >= 0.6 is 11.8 Å². The molecule has 30 heavy (non-hydrogen) atoms. The molecule has 158 valence electrons. The number of aryl methyl sites for hydroxylation is 1. The molecule has 2 aliphatic heterocycles. The molecule has 2 aliphatic rings. The molecule has 0 aliphatic carbocycles. The largest absolute Gasteiger partial charge is 0.350 e. The van der Waals surface area contributed by atoms with Gasteiger partial charge in [0.1, 0.15) is 0 Å². The summed E-state index contributed by atoms with van der Waals surface area (Å²) < 4.78 is 23.4. The molecule has 3 atom stereocenters. The van der Waals surface area contributed by atoms with Gasteiger partial charge in [0.05, 0.1) is 17.5 Å². The summed E-state index contributed by atoms with van der Waals surface area (Å²) in [4.78, 5) is 17.2. The zero-order valence-electron chi connectivity index (χ0n) is 16.7. The fourth-order valence-corrected chi connectivity index (χ4v) is 7.36. The molecular weight excluding hydrogens is 418 g/mol. The van der Waals surface area contributed by atoms with E-state index in [0.29, 0.717) is 10.7 Å². The number of fused-ring (bicyclic) bond motifs is 1. The first-order chi connectivity index (χ1) is 14.4. The summed E-state index contributed by atoms with van der Waals surface area (Å²) in [7, 11) is -2.96. The topological polar surface area (TPSA) is 87.6 Å².